The lowest BCUT2D eigenvalue weighted by atomic mass is 10.1. The third kappa shape index (κ3) is 6.69. The summed E-state index contributed by atoms with van der Waals surface area (Å²) in [5.41, 5.74) is 0.981. The summed E-state index contributed by atoms with van der Waals surface area (Å²) in [6, 6.07) is 8.82. The van der Waals surface area contributed by atoms with Gasteiger partial charge in [0.05, 0.1) is 11.8 Å². The van der Waals surface area contributed by atoms with Crippen LogP contribution in [-0.4, -0.2) is 61.0 Å². The average molecular weight is 559 g/mol. The van der Waals surface area contributed by atoms with Crippen LogP contribution in [0.4, 0.5) is 35.4 Å². The van der Waals surface area contributed by atoms with Gasteiger partial charge in [0, 0.05) is 54.8 Å². The van der Waals surface area contributed by atoms with Crippen molar-refractivity contribution in [3.05, 3.63) is 64.2 Å². The lowest BCUT2D eigenvalue weighted by Gasteiger charge is -2.34. The first-order valence-corrected chi connectivity index (χ1v) is 13.5. The molecule has 2 aliphatic rings. The molecule has 1 saturated carbocycles. The molecule has 39 heavy (non-hydrogen) atoms. The number of aromatic nitrogens is 1. The van der Waals surface area contributed by atoms with Crippen molar-refractivity contribution in [1.82, 2.24) is 9.88 Å². The maximum atomic E-state index is 13.7. The number of thiazole rings is 1. The van der Waals surface area contributed by atoms with Crippen molar-refractivity contribution in [1.29, 1.82) is 0 Å². The van der Waals surface area contributed by atoms with Gasteiger partial charge >= 0.3 is 6.18 Å². The molecule has 3 N–H and O–H groups in total. The Bertz CT molecular complexity index is 1380. The van der Waals surface area contributed by atoms with Crippen molar-refractivity contribution in [2.24, 2.45) is 0 Å². The lowest BCUT2D eigenvalue weighted by Crippen LogP contribution is -2.44. The summed E-state index contributed by atoms with van der Waals surface area (Å²) < 4.78 is 41.1. The van der Waals surface area contributed by atoms with Crippen LogP contribution in [-0.2, 0) is 6.18 Å². The van der Waals surface area contributed by atoms with Crippen molar-refractivity contribution >= 4 is 45.3 Å². The first-order valence-electron chi connectivity index (χ1n) is 12.7. The number of hydrogen-bond acceptors (Lipinski definition) is 7. The highest BCUT2D eigenvalue weighted by molar-refractivity contribution is 7.17. The van der Waals surface area contributed by atoms with Gasteiger partial charge in [-0.05, 0) is 62.7 Å². The van der Waals surface area contributed by atoms with E-state index in [4.69, 9.17) is 0 Å². The summed E-state index contributed by atoms with van der Waals surface area (Å²) in [4.78, 5) is 34.6. The largest absolute Gasteiger partial charge is 0.416 e. The molecule has 1 aromatic heterocycles. The van der Waals surface area contributed by atoms with E-state index in [0.717, 1.165) is 43.6 Å². The Balaban J connectivity index is 1.32. The molecule has 3 aromatic rings. The van der Waals surface area contributed by atoms with Crippen LogP contribution in [0.15, 0.2) is 42.6 Å². The van der Waals surface area contributed by atoms with Crippen LogP contribution in [0, 0.1) is 6.92 Å². The fraction of sp³-hybridized carbons (Fsp3) is 0.370. The number of alkyl halides is 3. The number of benzene rings is 2. The standard InChI is InChI=1S/C27H29F3N6O2S/c1-16-3-4-20(14-22(16)34-25(38)23-15-31-26(39-23)33-19-5-6-19)32-24(37)17-11-18(27(28,29)30)13-21(12-17)36-9-7-35(2)8-10-36/h3-4,11-15,19H,5-10H2,1-2H3,(H,31,33)(H,32,37)(H,34,38). The Labute approximate surface area is 228 Å². The van der Waals surface area contributed by atoms with Crippen LogP contribution in [0.3, 0.4) is 0 Å². The van der Waals surface area contributed by atoms with Crippen molar-refractivity contribution in [2.45, 2.75) is 32.0 Å². The highest BCUT2D eigenvalue weighted by Gasteiger charge is 2.33. The summed E-state index contributed by atoms with van der Waals surface area (Å²) in [5, 5.41) is 9.47. The highest BCUT2D eigenvalue weighted by Crippen LogP contribution is 2.34. The smallest absolute Gasteiger partial charge is 0.369 e. The van der Waals surface area contributed by atoms with Crippen molar-refractivity contribution in [3.63, 3.8) is 0 Å². The molecule has 206 valence electrons. The number of amides is 2. The fourth-order valence-electron chi connectivity index (χ4n) is 4.22. The summed E-state index contributed by atoms with van der Waals surface area (Å²) >= 11 is 1.26. The number of halogens is 3. The van der Waals surface area contributed by atoms with E-state index in [1.807, 2.05) is 18.9 Å². The summed E-state index contributed by atoms with van der Waals surface area (Å²) in [6.45, 7) is 4.38. The topological polar surface area (TPSA) is 89.6 Å². The van der Waals surface area contributed by atoms with E-state index in [1.54, 1.807) is 18.2 Å². The number of rotatable bonds is 7. The number of likely N-dealkylation sites (N-methyl/N-ethyl adjacent to an activating group) is 1. The van der Waals surface area contributed by atoms with E-state index in [-0.39, 0.29) is 11.5 Å². The van der Waals surface area contributed by atoms with E-state index in [9.17, 15) is 22.8 Å². The Morgan fingerprint density at radius 1 is 1.00 bits per heavy atom. The van der Waals surface area contributed by atoms with Crippen LogP contribution in [0.5, 0.6) is 0 Å². The van der Waals surface area contributed by atoms with Gasteiger partial charge in [0.2, 0.25) is 0 Å². The van der Waals surface area contributed by atoms with Crippen LogP contribution < -0.4 is 20.9 Å². The second-order valence-electron chi connectivity index (χ2n) is 9.94. The minimum absolute atomic E-state index is 0.0923. The van der Waals surface area contributed by atoms with Crippen molar-refractivity contribution in [2.75, 3.05) is 54.1 Å². The number of nitrogens with one attached hydrogen (secondary N) is 3. The van der Waals surface area contributed by atoms with Crippen LogP contribution >= 0.6 is 11.3 Å². The van der Waals surface area contributed by atoms with Gasteiger partial charge in [-0.1, -0.05) is 17.4 Å². The first kappa shape index (κ1) is 26.9. The van der Waals surface area contributed by atoms with Gasteiger partial charge in [-0.2, -0.15) is 13.2 Å². The van der Waals surface area contributed by atoms with E-state index in [1.165, 1.54) is 23.6 Å². The maximum absolute atomic E-state index is 13.7. The minimum Gasteiger partial charge on any atom is -0.369 e. The van der Waals surface area contributed by atoms with E-state index >= 15 is 0 Å². The van der Waals surface area contributed by atoms with E-state index in [0.29, 0.717) is 46.2 Å². The second-order valence-corrected chi connectivity index (χ2v) is 11.0. The quantitative estimate of drug-likeness (QED) is 0.365. The summed E-state index contributed by atoms with van der Waals surface area (Å²) in [7, 11) is 1.96. The SMILES string of the molecule is Cc1ccc(NC(=O)c2cc(N3CCN(C)CC3)cc(C(F)(F)F)c2)cc1NC(=O)c1cnc(NC2CC2)s1. The zero-order chi connectivity index (χ0) is 27.7. The van der Waals surface area contributed by atoms with E-state index in [2.05, 4.69) is 25.8 Å². The second kappa shape index (κ2) is 10.9. The molecule has 2 fully saturated rings. The molecule has 1 aliphatic heterocycles. The molecule has 0 bridgehead atoms. The van der Waals surface area contributed by atoms with Gasteiger partial charge in [0.15, 0.2) is 5.13 Å². The number of hydrogen-bond donors (Lipinski definition) is 3. The van der Waals surface area contributed by atoms with Gasteiger partial charge in [-0.25, -0.2) is 4.98 Å². The molecular formula is C27H29F3N6O2S. The van der Waals surface area contributed by atoms with Crippen molar-refractivity contribution in [3.8, 4) is 0 Å². The Hall–Kier alpha value is -3.64. The summed E-state index contributed by atoms with van der Waals surface area (Å²) in [5.74, 6) is -1.01. The monoisotopic (exact) mass is 558 g/mol. The Kier molecular flexibility index (Phi) is 7.50. The number of carbonyl (C=O) groups excluding carboxylic acids is 2. The fourth-order valence-corrected chi connectivity index (χ4v) is 5.01. The van der Waals surface area contributed by atoms with Crippen LogP contribution in [0.1, 0.15) is 44.0 Å². The molecule has 0 unspecified atom stereocenters. The number of aryl methyl sites for hydroxylation is 1. The first-order chi connectivity index (χ1) is 18.5. The van der Waals surface area contributed by atoms with Gasteiger partial charge in [-0.15, -0.1) is 0 Å². The molecule has 0 radical (unpaired) electrons. The number of carbonyl (C=O) groups is 2. The molecule has 2 amide bonds. The number of anilines is 4. The Morgan fingerprint density at radius 3 is 2.44 bits per heavy atom. The lowest BCUT2D eigenvalue weighted by molar-refractivity contribution is -0.137. The zero-order valence-corrected chi connectivity index (χ0v) is 22.4. The molecule has 1 aliphatic carbocycles. The van der Waals surface area contributed by atoms with Crippen LogP contribution in [0.2, 0.25) is 0 Å². The molecule has 0 spiro atoms. The Morgan fingerprint density at radius 2 is 1.74 bits per heavy atom. The third-order valence-electron chi connectivity index (χ3n) is 6.75. The minimum atomic E-state index is -4.59. The molecule has 1 saturated heterocycles. The van der Waals surface area contributed by atoms with Crippen LogP contribution in [0.25, 0.3) is 0 Å². The van der Waals surface area contributed by atoms with Crippen molar-refractivity contribution < 1.29 is 22.8 Å². The molecular weight excluding hydrogens is 529 g/mol. The molecule has 8 nitrogen and oxygen atoms in total. The van der Waals surface area contributed by atoms with Gasteiger partial charge < -0.3 is 25.8 Å². The van der Waals surface area contributed by atoms with Gasteiger partial charge in [0.1, 0.15) is 4.88 Å². The average Bonchev–Trinajstić information content (AvgIpc) is 3.59. The molecule has 5 rings (SSSR count). The summed E-state index contributed by atoms with van der Waals surface area (Å²) in [6.07, 6.45) is -0.895. The molecule has 2 heterocycles. The van der Waals surface area contributed by atoms with Gasteiger partial charge in [-0.3, -0.25) is 9.59 Å². The highest BCUT2D eigenvalue weighted by atomic mass is 32.1. The third-order valence-corrected chi connectivity index (χ3v) is 7.68. The molecule has 2 aromatic carbocycles. The number of nitrogens with zero attached hydrogens (tertiary/aromatic N) is 3. The predicted molar refractivity (Wildman–Crippen MR) is 147 cm³/mol. The normalized spacial score (nSPS) is 16.2. The molecule has 0 atom stereocenters. The predicted octanol–water partition coefficient (Wildman–Crippen LogP) is 5.30. The molecule has 12 heteroatoms. The zero-order valence-electron chi connectivity index (χ0n) is 21.6. The van der Waals surface area contributed by atoms with E-state index < -0.39 is 17.6 Å². The number of piperazine rings is 1. The maximum Gasteiger partial charge on any atom is 0.416 e. The van der Waals surface area contributed by atoms with Gasteiger partial charge in [0.25, 0.3) is 11.8 Å².